The first-order valence-corrected chi connectivity index (χ1v) is 7.12. The van der Waals surface area contributed by atoms with Crippen molar-refractivity contribution in [3.63, 3.8) is 0 Å². The van der Waals surface area contributed by atoms with Gasteiger partial charge in [-0.1, -0.05) is 30.0 Å². The number of benzene rings is 1. The summed E-state index contributed by atoms with van der Waals surface area (Å²) < 4.78 is 0. The molecule has 0 aliphatic carbocycles. The van der Waals surface area contributed by atoms with Crippen LogP contribution in [0.15, 0.2) is 47.8 Å². The lowest BCUT2D eigenvalue weighted by Gasteiger charge is -2.19. The first-order valence-electron chi connectivity index (χ1n) is 6.14. The highest BCUT2D eigenvalue weighted by atomic mass is 32.2. The van der Waals surface area contributed by atoms with Crippen LogP contribution in [0.4, 0.5) is 11.5 Å². The van der Waals surface area contributed by atoms with Crippen LogP contribution in [-0.2, 0) is 4.79 Å². The lowest BCUT2D eigenvalue weighted by molar-refractivity contribution is -0.116. The predicted octanol–water partition coefficient (Wildman–Crippen LogP) is 1.71. The number of thioether (sulfide) groups is 1. The van der Waals surface area contributed by atoms with E-state index in [1.165, 1.54) is 29.1 Å². The molecule has 1 aromatic heterocycles. The number of nitrogens with two attached hydrogens (primary N) is 1. The molecule has 1 amide bonds. The molecule has 2 N–H and O–H groups in total. The molecule has 2 rings (SSSR count). The molecule has 1 heterocycles. The summed E-state index contributed by atoms with van der Waals surface area (Å²) >= 11 is 1.20. The Morgan fingerprint density at radius 1 is 1.29 bits per heavy atom. The number of para-hydroxylation sites is 1. The zero-order chi connectivity index (χ0) is 15.1. The minimum absolute atomic E-state index is 0.000638. The van der Waals surface area contributed by atoms with Gasteiger partial charge < -0.3 is 5.73 Å². The normalized spacial score (nSPS) is 9.86. The number of nitriles is 1. The van der Waals surface area contributed by atoms with Gasteiger partial charge in [0, 0.05) is 18.1 Å². The summed E-state index contributed by atoms with van der Waals surface area (Å²) in [4.78, 5) is 21.7. The van der Waals surface area contributed by atoms with Crippen molar-refractivity contribution in [2.24, 2.45) is 0 Å². The minimum Gasteiger partial charge on any atom is -0.381 e. The molecule has 7 heteroatoms. The lowest BCUT2D eigenvalue weighted by atomic mass is 10.3. The van der Waals surface area contributed by atoms with Crippen molar-refractivity contribution in [3.05, 3.63) is 42.7 Å². The molecule has 0 saturated heterocycles. The maximum atomic E-state index is 12.3. The molecule has 0 bridgehead atoms. The van der Waals surface area contributed by atoms with Gasteiger partial charge >= 0.3 is 0 Å². The molecular formula is C14H13N5OS. The zero-order valence-corrected chi connectivity index (χ0v) is 12.0. The van der Waals surface area contributed by atoms with Crippen LogP contribution >= 0.6 is 11.8 Å². The van der Waals surface area contributed by atoms with Crippen molar-refractivity contribution in [1.29, 1.82) is 5.26 Å². The van der Waals surface area contributed by atoms with E-state index in [4.69, 9.17) is 11.0 Å². The van der Waals surface area contributed by atoms with Gasteiger partial charge in [0.15, 0.2) is 5.82 Å². The Balaban J connectivity index is 2.07. The number of anilines is 2. The van der Waals surface area contributed by atoms with Crippen molar-refractivity contribution in [2.45, 2.75) is 5.03 Å². The van der Waals surface area contributed by atoms with E-state index < -0.39 is 0 Å². The topological polar surface area (TPSA) is 95.9 Å². The molecule has 1 aromatic carbocycles. The number of carbonyl (C=O) groups is 1. The van der Waals surface area contributed by atoms with Crippen LogP contribution in [0.2, 0.25) is 0 Å². The smallest absolute Gasteiger partial charge is 0.238 e. The van der Waals surface area contributed by atoms with Crippen LogP contribution in [0.3, 0.4) is 0 Å². The van der Waals surface area contributed by atoms with Crippen molar-refractivity contribution < 1.29 is 4.79 Å². The second kappa shape index (κ2) is 7.26. The van der Waals surface area contributed by atoms with E-state index in [0.29, 0.717) is 16.5 Å². The van der Waals surface area contributed by atoms with Gasteiger partial charge in [-0.3, -0.25) is 9.69 Å². The number of hydrogen-bond donors (Lipinski definition) is 1. The summed E-state index contributed by atoms with van der Waals surface area (Å²) in [7, 11) is 0. The third kappa shape index (κ3) is 3.94. The van der Waals surface area contributed by atoms with Crippen LogP contribution < -0.4 is 10.6 Å². The van der Waals surface area contributed by atoms with E-state index in [1.807, 2.05) is 24.3 Å². The summed E-state index contributed by atoms with van der Waals surface area (Å²) in [6, 6.07) is 11.1. The van der Waals surface area contributed by atoms with Gasteiger partial charge in [-0.05, 0) is 12.1 Å². The Kier molecular flexibility index (Phi) is 5.12. The third-order valence-corrected chi connectivity index (χ3v) is 3.60. The molecule has 0 radical (unpaired) electrons. The van der Waals surface area contributed by atoms with E-state index in [1.54, 1.807) is 12.1 Å². The maximum Gasteiger partial charge on any atom is 0.238 e. The summed E-state index contributed by atoms with van der Waals surface area (Å²) in [5, 5.41) is 9.39. The Labute approximate surface area is 126 Å². The molecule has 0 spiro atoms. The molecule has 0 aliphatic rings. The van der Waals surface area contributed by atoms with Gasteiger partial charge in [0.25, 0.3) is 0 Å². The SMILES string of the molecule is N#CCN(C(=O)CSc1nccnc1N)c1ccccc1. The highest BCUT2D eigenvalue weighted by molar-refractivity contribution is 8.00. The number of hydrogen-bond acceptors (Lipinski definition) is 6. The molecule has 0 unspecified atom stereocenters. The third-order valence-electron chi connectivity index (χ3n) is 2.62. The van der Waals surface area contributed by atoms with Crippen molar-refractivity contribution in [2.75, 3.05) is 22.9 Å². The zero-order valence-electron chi connectivity index (χ0n) is 11.1. The first-order chi connectivity index (χ1) is 10.2. The van der Waals surface area contributed by atoms with Crippen LogP contribution in [0.25, 0.3) is 0 Å². The van der Waals surface area contributed by atoms with Gasteiger partial charge in [-0.2, -0.15) is 5.26 Å². The van der Waals surface area contributed by atoms with E-state index in [9.17, 15) is 4.79 Å². The van der Waals surface area contributed by atoms with E-state index in [0.717, 1.165) is 0 Å². The number of rotatable bonds is 5. The van der Waals surface area contributed by atoms with Crippen molar-refractivity contribution in [3.8, 4) is 6.07 Å². The van der Waals surface area contributed by atoms with Crippen LogP contribution in [-0.4, -0.2) is 28.2 Å². The van der Waals surface area contributed by atoms with Crippen molar-refractivity contribution >= 4 is 29.2 Å². The standard InChI is InChI=1S/C14H13N5OS/c15-6-9-19(11-4-2-1-3-5-11)12(20)10-21-14-13(16)17-7-8-18-14/h1-5,7-8H,9-10H2,(H2,16,17). The number of nitrogen functional groups attached to an aromatic ring is 1. The van der Waals surface area contributed by atoms with E-state index >= 15 is 0 Å². The molecule has 0 atom stereocenters. The summed E-state index contributed by atoms with van der Waals surface area (Å²) in [6.07, 6.45) is 3.01. The fraction of sp³-hybridized carbons (Fsp3) is 0.143. The van der Waals surface area contributed by atoms with Crippen LogP contribution in [0, 0.1) is 11.3 Å². The predicted molar refractivity (Wildman–Crippen MR) is 81.6 cm³/mol. The number of amides is 1. The molecule has 21 heavy (non-hydrogen) atoms. The molecule has 2 aromatic rings. The number of aromatic nitrogens is 2. The Morgan fingerprint density at radius 3 is 2.67 bits per heavy atom. The van der Waals surface area contributed by atoms with Gasteiger partial charge in [-0.25, -0.2) is 9.97 Å². The summed E-state index contributed by atoms with van der Waals surface area (Å²) in [5.41, 5.74) is 6.37. The van der Waals surface area contributed by atoms with Gasteiger partial charge in [0.05, 0.1) is 11.8 Å². The van der Waals surface area contributed by atoms with Crippen LogP contribution in [0.1, 0.15) is 0 Å². The van der Waals surface area contributed by atoms with Gasteiger partial charge in [-0.15, -0.1) is 0 Å². The fourth-order valence-electron chi connectivity index (χ4n) is 1.66. The van der Waals surface area contributed by atoms with E-state index in [-0.39, 0.29) is 18.2 Å². The summed E-state index contributed by atoms with van der Waals surface area (Å²) in [6.45, 7) is -0.000638. The average Bonchev–Trinajstić information content (AvgIpc) is 2.52. The average molecular weight is 299 g/mol. The monoisotopic (exact) mass is 299 g/mol. The second-order valence-electron chi connectivity index (χ2n) is 4.01. The van der Waals surface area contributed by atoms with Crippen LogP contribution in [0.5, 0.6) is 0 Å². The molecule has 0 saturated carbocycles. The fourth-order valence-corrected chi connectivity index (χ4v) is 2.41. The molecule has 0 fully saturated rings. The second-order valence-corrected chi connectivity index (χ2v) is 4.97. The van der Waals surface area contributed by atoms with Gasteiger partial charge in [0.2, 0.25) is 5.91 Å². The Morgan fingerprint density at radius 2 is 2.00 bits per heavy atom. The van der Waals surface area contributed by atoms with E-state index in [2.05, 4.69) is 9.97 Å². The first kappa shape index (κ1) is 14.8. The van der Waals surface area contributed by atoms with Crippen molar-refractivity contribution in [1.82, 2.24) is 9.97 Å². The Bertz CT molecular complexity index is 656. The highest BCUT2D eigenvalue weighted by Crippen LogP contribution is 2.21. The number of carbonyl (C=O) groups excluding carboxylic acids is 1. The largest absolute Gasteiger partial charge is 0.381 e. The highest BCUT2D eigenvalue weighted by Gasteiger charge is 2.16. The molecular weight excluding hydrogens is 286 g/mol. The lowest BCUT2D eigenvalue weighted by Crippen LogP contribution is -2.32. The quantitative estimate of drug-likeness (QED) is 0.667. The summed E-state index contributed by atoms with van der Waals surface area (Å²) in [5.74, 6) is 0.249. The number of nitrogens with zero attached hydrogens (tertiary/aromatic N) is 4. The molecule has 6 nitrogen and oxygen atoms in total. The molecule has 106 valence electrons. The minimum atomic E-state index is -0.183. The van der Waals surface area contributed by atoms with Gasteiger partial charge in [0.1, 0.15) is 11.6 Å². The molecule has 0 aliphatic heterocycles. The maximum absolute atomic E-state index is 12.3. The Hall–Kier alpha value is -2.59.